The summed E-state index contributed by atoms with van der Waals surface area (Å²) in [5, 5.41) is 3.30. The molecule has 0 spiro atoms. The molecular formula is C33H42N2O. The molecule has 0 saturated heterocycles. The van der Waals surface area contributed by atoms with Crippen LogP contribution in [0.15, 0.2) is 84.9 Å². The van der Waals surface area contributed by atoms with Gasteiger partial charge in [-0.25, -0.2) is 0 Å². The Morgan fingerprint density at radius 2 is 1.53 bits per heavy atom. The van der Waals surface area contributed by atoms with E-state index in [9.17, 15) is 4.79 Å². The molecule has 190 valence electrons. The SMILES string of the molecule is CCN(Cc1ccc([C@H]2CCCC[C@@H]2C(=O)N[C@@H](C)c2ccccc2)cc1)C(C)(C)c1ccccc1. The van der Waals surface area contributed by atoms with Crippen molar-refractivity contribution in [2.75, 3.05) is 6.54 Å². The first-order valence-corrected chi connectivity index (χ1v) is 13.6. The van der Waals surface area contributed by atoms with Crippen LogP contribution < -0.4 is 5.32 Å². The number of nitrogens with one attached hydrogen (secondary N) is 1. The molecule has 0 heterocycles. The average molecular weight is 483 g/mol. The van der Waals surface area contributed by atoms with Crippen molar-refractivity contribution in [2.24, 2.45) is 5.92 Å². The first-order valence-electron chi connectivity index (χ1n) is 13.6. The van der Waals surface area contributed by atoms with Gasteiger partial charge in [0.2, 0.25) is 5.91 Å². The van der Waals surface area contributed by atoms with E-state index in [0.717, 1.165) is 37.9 Å². The molecule has 0 unspecified atom stereocenters. The van der Waals surface area contributed by atoms with Crippen molar-refractivity contribution in [3.63, 3.8) is 0 Å². The number of hydrogen-bond donors (Lipinski definition) is 1. The minimum atomic E-state index is -0.0450. The van der Waals surface area contributed by atoms with Gasteiger partial charge in [0.25, 0.3) is 0 Å². The molecule has 0 radical (unpaired) electrons. The van der Waals surface area contributed by atoms with Crippen LogP contribution in [0.25, 0.3) is 0 Å². The lowest BCUT2D eigenvalue weighted by molar-refractivity contribution is -0.127. The predicted octanol–water partition coefficient (Wildman–Crippen LogP) is 7.60. The lowest BCUT2D eigenvalue weighted by atomic mass is 9.74. The summed E-state index contributed by atoms with van der Waals surface area (Å²) in [5.41, 5.74) is 5.07. The molecule has 3 atom stereocenters. The van der Waals surface area contributed by atoms with Gasteiger partial charge in [-0.1, -0.05) is 105 Å². The van der Waals surface area contributed by atoms with Crippen LogP contribution in [0.5, 0.6) is 0 Å². The molecule has 3 aromatic carbocycles. The van der Waals surface area contributed by atoms with E-state index in [-0.39, 0.29) is 23.4 Å². The minimum Gasteiger partial charge on any atom is -0.349 e. The van der Waals surface area contributed by atoms with Gasteiger partial charge in [-0.15, -0.1) is 0 Å². The maximum Gasteiger partial charge on any atom is 0.224 e. The molecule has 0 aromatic heterocycles. The number of carbonyl (C=O) groups is 1. The number of hydrogen-bond acceptors (Lipinski definition) is 2. The van der Waals surface area contributed by atoms with Crippen molar-refractivity contribution in [1.82, 2.24) is 10.2 Å². The van der Waals surface area contributed by atoms with Gasteiger partial charge in [0, 0.05) is 18.0 Å². The Morgan fingerprint density at radius 1 is 0.917 bits per heavy atom. The van der Waals surface area contributed by atoms with Crippen LogP contribution in [-0.2, 0) is 16.9 Å². The van der Waals surface area contributed by atoms with Gasteiger partial charge in [-0.05, 0) is 68.3 Å². The molecule has 36 heavy (non-hydrogen) atoms. The van der Waals surface area contributed by atoms with Crippen LogP contribution in [0.1, 0.15) is 87.6 Å². The quantitative estimate of drug-likeness (QED) is 0.341. The minimum absolute atomic E-state index is 0.0247. The Hall–Kier alpha value is -2.91. The van der Waals surface area contributed by atoms with Crippen molar-refractivity contribution in [3.05, 3.63) is 107 Å². The molecule has 1 N–H and O–H groups in total. The topological polar surface area (TPSA) is 32.3 Å². The fourth-order valence-corrected chi connectivity index (χ4v) is 5.81. The molecule has 0 bridgehead atoms. The summed E-state index contributed by atoms with van der Waals surface area (Å²) in [6.07, 6.45) is 4.37. The van der Waals surface area contributed by atoms with Crippen LogP contribution in [0.4, 0.5) is 0 Å². The largest absolute Gasteiger partial charge is 0.349 e. The van der Waals surface area contributed by atoms with Gasteiger partial charge in [-0.2, -0.15) is 0 Å². The summed E-state index contributed by atoms with van der Waals surface area (Å²) in [7, 11) is 0. The Labute approximate surface area is 217 Å². The monoisotopic (exact) mass is 482 g/mol. The Balaban J connectivity index is 1.45. The van der Waals surface area contributed by atoms with Crippen molar-refractivity contribution in [2.45, 2.75) is 77.4 Å². The fraction of sp³-hybridized carbons (Fsp3) is 0.424. The van der Waals surface area contributed by atoms with Gasteiger partial charge in [0.15, 0.2) is 0 Å². The van der Waals surface area contributed by atoms with Crippen molar-refractivity contribution in [3.8, 4) is 0 Å². The highest BCUT2D eigenvalue weighted by molar-refractivity contribution is 5.80. The normalized spacial score (nSPS) is 19.1. The zero-order valence-corrected chi connectivity index (χ0v) is 22.4. The second-order valence-electron chi connectivity index (χ2n) is 10.8. The van der Waals surface area contributed by atoms with Crippen LogP contribution in [-0.4, -0.2) is 17.4 Å². The van der Waals surface area contributed by atoms with E-state index >= 15 is 0 Å². The number of benzene rings is 3. The molecule has 1 aliphatic rings. The molecule has 3 aromatic rings. The molecule has 1 aliphatic carbocycles. The van der Waals surface area contributed by atoms with Crippen molar-refractivity contribution < 1.29 is 4.79 Å². The second kappa shape index (κ2) is 11.9. The molecular weight excluding hydrogens is 440 g/mol. The molecule has 4 rings (SSSR count). The maximum absolute atomic E-state index is 13.3. The summed E-state index contributed by atoms with van der Waals surface area (Å²) in [5.74, 6) is 0.528. The van der Waals surface area contributed by atoms with E-state index in [4.69, 9.17) is 0 Å². The smallest absolute Gasteiger partial charge is 0.224 e. The molecule has 1 saturated carbocycles. The third kappa shape index (κ3) is 6.07. The third-order valence-corrected chi connectivity index (χ3v) is 8.19. The van der Waals surface area contributed by atoms with Gasteiger partial charge in [0.05, 0.1) is 6.04 Å². The lowest BCUT2D eigenvalue weighted by Gasteiger charge is -2.38. The first-order chi connectivity index (χ1) is 17.4. The van der Waals surface area contributed by atoms with Crippen LogP contribution in [0.3, 0.4) is 0 Å². The summed E-state index contributed by atoms with van der Waals surface area (Å²) in [6.45, 7) is 10.8. The number of nitrogens with zero attached hydrogens (tertiary/aromatic N) is 1. The summed E-state index contributed by atoms with van der Waals surface area (Å²) in [6, 6.07) is 30.1. The van der Waals surface area contributed by atoms with Gasteiger partial charge in [0.1, 0.15) is 0 Å². The van der Waals surface area contributed by atoms with E-state index in [1.165, 1.54) is 23.1 Å². The Bertz CT molecular complexity index is 1090. The van der Waals surface area contributed by atoms with Crippen LogP contribution in [0.2, 0.25) is 0 Å². The molecule has 1 amide bonds. The van der Waals surface area contributed by atoms with Crippen LogP contribution in [0, 0.1) is 5.92 Å². The van der Waals surface area contributed by atoms with E-state index in [0.29, 0.717) is 5.92 Å². The Kier molecular flexibility index (Phi) is 8.64. The third-order valence-electron chi connectivity index (χ3n) is 8.19. The highest BCUT2D eigenvalue weighted by Gasteiger charge is 2.33. The molecule has 3 heteroatoms. The van der Waals surface area contributed by atoms with Gasteiger partial charge < -0.3 is 5.32 Å². The van der Waals surface area contributed by atoms with E-state index in [1.54, 1.807) is 0 Å². The summed E-state index contributed by atoms with van der Waals surface area (Å²) < 4.78 is 0. The van der Waals surface area contributed by atoms with E-state index in [1.807, 2.05) is 18.2 Å². The van der Waals surface area contributed by atoms with Crippen LogP contribution >= 0.6 is 0 Å². The molecule has 1 fully saturated rings. The Morgan fingerprint density at radius 3 is 2.17 bits per heavy atom. The zero-order chi connectivity index (χ0) is 25.5. The van der Waals surface area contributed by atoms with Gasteiger partial charge in [-0.3, -0.25) is 9.69 Å². The highest BCUT2D eigenvalue weighted by atomic mass is 16.2. The molecule has 0 aliphatic heterocycles. The van der Waals surface area contributed by atoms with E-state index in [2.05, 4.69) is 105 Å². The first kappa shape index (κ1) is 26.2. The summed E-state index contributed by atoms with van der Waals surface area (Å²) in [4.78, 5) is 15.9. The van der Waals surface area contributed by atoms with Crippen molar-refractivity contribution >= 4 is 5.91 Å². The lowest BCUT2D eigenvalue weighted by Crippen LogP contribution is -2.40. The number of carbonyl (C=O) groups excluding carboxylic acids is 1. The van der Waals surface area contributed by atoms with E-state index < -0.39 is 0 Å². The fourth-order valence-electron chi connectivity index (χ4n) is 5.81. The summed E-state index contributed by atoms with van der Waals surface area (Å²) >= 11 is 0. The molecule has 3 nitrogen and oxygen atoms in total. The average Bonchev–Trinajstić information content (AvgIpc) is 2.93. The second-order valence-corrected chi connectivity index (χ2v) is 10.8. The zero-order valence-electron chi connectivity index (χ0n) is 22.4. The van der Waals surface area contributed by atoms with Gasteiger partial charge >= 0.3 is 0 Å². The number of rotatable bonds is 9. The number of amides is 1. The standard InChI is InChI=1S/C33H42N2O/c1-5-35(33(3,4)29-16-10-7-11-17-29)24-26-20-22-28(23-21-26)30-18-12-13-19-31(30)32(36)34-25(2)27-14-8-6-9-15-27/h6-11,14-17,20-23,25,30-31H,5,12-13,18-19,24H2,1-4H3,(H,34,36)/t25-,30+,31-/m0/s1. The predicted molar refractivity (Wildman–Crippen MR) is 150 cm³/mol. The highest BCUT2D eigenvalue weighted by Crippen LogP contribution is 2.38. The van der Waals surface area contributed by atoms with Crippen molar-refractivity contribution in [1.29, 1.82) is 0 Å². The maximum atomic E-state index is 13.3.